The maximum absolute atomic E-state index is 11.2. The van der Waals surface area contributed by atoms with Gasteiger partial charge in [-0.05, 0) is 13.8 Å². The first-order valence-electron chi connectivity index (χ1n) is 5.30. The van der Waals surface area contributed by atoms with Gasteiger partial charge < -0.3 is 11.1 Å². The van der Waals surface area contributed by atoms with Gasteiger partial charge in [0.1, 0.15) is 17.3 Å². The van der Waals surface area contributed by atoms with E-state index in [0.717, 1.165) is 0 Å². The number of nitrogens with zero attached hydrogens (tertiary/aromatic N) is 4. The Morgan fingerprint density at radius 1 is 1.61 bits per heavy atom. The molecule has 1 amide bonds. The number of hydrogen-bond donors (Lipinski definition) is 2. The average molecular weight is 269 g/mol. The Morgan fingerprint density at radius 3 is 3.00 bits per heavy atom. The van der Waals surface area contributed by atoms with E-state index in [0.29, 0.717) is 23.3 Å². The summed E-state index contributed by atoms with van der Waals surface area (Å²) in [5.74, 6) is 0.615. The van der Waals surface area contributed by atoms with Crippen molar-refractivity contribution in [3.05, 3.63) is 17.5 Å². The molecular formula is C10H13ClN6O. The highest BCUT2D eigenvalue weighted by Gasteiger charge is 2.25. The fourth-order valence-electron chi connectivity index (χ4n) is 1.31. The van der Waals surface area contributed by atoms with Crippen molar-refractivity contribution in [2.24, 2.45) is 11.1 Å². The Hall–Kier alpha value is -1.89. The highest BCUT2D eigenvalue weighted by Crippen LogP contribution is 2.18. The Bertz CT molecular complexity index is 593. The lowest BCUT2D eigenvalue weighted by Gasteiger charge is -2.21. The Morgan fingerprint density at radius 2 is 2.33 bits per heavy atom. The number of amides is 1. The third-order valence-corrected chi connectivity index (χ3v) is 2.79. The molecule has 0 saturated heterocycles. The van der Waals surface area contributed by atoms with Crippen LogP contribution in [0, 0.1) is 5.41 Å². The molecule has 0 radical (unpaired) electrons. The van der Waals surface area contributed by atoms with Gasteiger partial charge in [0.25, 0.3) is 5.78 Å². The number of primary amides is 1. The molecule has 0 bridgehead atoms. The number of rotatable bonds is 4. The molecule has 96 valence electrons. The molecule has 2 aromatic heterocycles. The molecule has 2 heterocycles. The molecule has 0 unspecified atom stereocenters. The molecule has 0 fully saturated rings. The Balaban J connectivity index is 2.27. The fourth-order valence-corrected chi connectivity index (χ4v) is 1.49. The second kappa shape index (κ2) is 4.41. The Kier molecular flexibility index (Phi) is 3.08. The summed E-state index contributed by atoms with van der Waals surface area (Å²) in [7, 11) is 0. The first-order valence-corrected chi connectivity index (χ1v) is 5.68. The van der Waals surface area contributed by atoms with Crippen molar-refractivity contribution in [3.8, 4) is 0 Å². The van der Waals surface area contributed by atoms with Crippen LogP contribution in [-0.2, 0) is 4.79 Å². The molecular weight excluding hydrogens is 256 g/mol. The monoisotopic (exact) mass is 268 g/mol. The standard InChI is InChI=1S/C10H13ClN6O/c1-10(2,8(12)18)4-13-7-3-6(11)16-9-14-5-15-17(7)9/h3,5,13H,4H2,1-2H3,(H2,12,18). The topological polar surface area (TPSA) is 98.2 Å². The van der Waals surface area contributed by atoms with Crippen molar-refractivity contribution in [2.75, 3.05) is 11.9 Å². The van der Waals surface area contributed by atoms with Crippen LogP contribution in [0.25, 0.3) is 5.78 Å². The van der Waals surface area contributed by atoms with Crippen LogP contribution in [0.1, 0.15) is 13.8 Å². The predicted molar refractivity (Wildman–Crippen MR) is 67.3 cm³/mol. The van der Waals surface area contributed by atoms with Crippen LogP contribution in [-0.4, -0.2) is 32.0 Å². The molecule has 0 aromatic carbocycles. The van der Waals surface area contributed by atoms with Crippen LogP contribution >= 0.6 is 11.6 Å². The van der Waals surface area contributed by atoms with Gasteiger partial charge in [0.2, 0.25) is 5.91 Å². The van der Waals surface area contributed by atoms with Crippen molar-refractivity contribution in [3.63, 3.8) is 0 Å². The Labute approximate surface area is 108 Å². The number of nitrogens with one attached hydrogen (secondary N) is 1. The van der Waals surface area contributed by atoms with Crippen LogP contribution < -0.4 is 11.1 Å². The third-order valence-electron chi connectivity index (χ3n) is 2.60. The summed E-state index contributed by atoms with van der Waals surface area (Å²) in [6.07, 6.45) is 1.38. The van der Waals surface area contributed by atoms with E-state index in [-0.39, 0.29) is 5.91 Å². The highest BCUT2D eigenvalue weighted by atomic mass is 35.5. The van der Waals surface area contributed by atoms with Gasteiger partial charge in [-0.1, -0.05) is 11.6 Å². The van der Waals surface area contributed by atoms with E-state index in [1.54, 1.807) is 19.9 Å². The van der Waals surface area contributed by atoms with Crippen molar-refractivity contribution in [1.82, 2.24) is 19.6 Å². The zero-order chi connectivity index (χ0) is 13.3. The number of fused-ring (bicyclic) bond motifs is 1. The predicted octanol–water partition coefficient (Wildman–Crippen LogP) is 0.701. The van der Waals surface area contributed by atoms with Crippen LogP contribution in [0.3, 0.4) is 0 Å². The first kappa shape index (κ1) is 12.6. The van der Waals surface area contributed by atoms with Crippen LogP contribution in [0.2, 0.25) is 5.15 Å². The fraction of sp³-hybridized carbons (Fsp3) is 0.400. The van der Waals surface area contributed by atoms with Gasteiger partial charge in [0.05, 0.1) is 5.41 Å². The van der Waals surface area contributed by atoms with Crippen LogP contribution in [0.5, 0.6) is 0 Å². The number of carbonyl (C=O) groups is 1. The smallest absolute Gasteiger partial charge is 0.255 e. The summed E-state index contributed by atoms with van der Waals surface area (Å²) in [6, 6.07) is 1.61. The zero-order valence-electron chi connectivity index (χ0n) is 10.0. The summed E-state index contributed by atoms with van der Waals surface area (Å²) in [5.41, 5.74) is 4.63. The molecule has 3 N–H and O–H groups in total. The first-order chi connectivity index (χ1) is 8.40. The summed E-state index contributed by atoms with van der Waals surface area (Å²) in [5, 5.41) is 7.38. The molecule has 8 heteroatoms. The van der Waals surface area contributed by atoms with Crippen molar-refractivity contribution in [1.29, 1.82) is 0 Å². The molecule has 2 aromatic rings. The number of nitrogens with two attached hydrogens (primary N) is 1. The maximum atomic E-state index is 11.2. The number of anilines is 1. The van der Waals surface area contributed by atoms with Gasteiger partial charge in [0, 0.05) is 12.6 Å². The third kappa shape index (κ3) is 2.35. The summed E-state index contributed by atoms with van der Waals surface area (Å²) < 4.78 is 1.50. The number of hydrogen-bond acceptors (Lipinski definition) is 5. The molecule has 7 nitrogen and oxygen atoms in total. The highest BCUT2D eigenvalue weighted by molar-refractivity contribution is 6.29. The zero-order valence-corrected chi connectivity index (χ0v) is 10.8. The SMILES string of the molecule is CC(C)(CNc1cc(Cl)nc2ncnn12)C(N)=O. The lowest BCUT2D eigenvalue weighted by atomic mass is 9.93. The molecule has 18 heavy (non-hydrogen) atoms. The van der Waals surface area contributed by atoms with E-state index in [1.165, 1.54) is 10.8 Å². The normalized spacial score (nSPS) is 11.7. The second-order valence-corrected chi connectivity index (χ2v) is 4.92. The van der Waals surface area contributed by atoms with E-state index in [1.807, 2.05) is 0 Å². The summed E-state index contributed by atoms with van der Waals surface area (Å²) >= 11 is 5.87. The lowest BCUT2D eigenvalue weighted by molar-refractivity contribution is -0.125. The number of halogens is 1. The van der Waals surface area contributed by atoms with Gasteiger partial charge in [-0.3, -0.25) is 4.79 Å². The van der Waals surface area contributed by atoms with Gasteiger partial charge in [0.15, 0.2) is 0 Å². The molecule has 0 aliphatic rings. The largest absolute Gasteiger partial charge is 0.369 e. The van der Waals surface area contributed by atoms with E-state index in [9.17, 15) is 4.79 Å². The average Bonchev–Trinajstić information content (AvgIpc) is 2.73. The van der Waals surface area contributed by atoms with Gasteiger partial charge in [-0.15, -0.1) is 0 Å². The van der Waals surface area contributed by atoms with Gasteiger partial charge in [-0.25, -0.2) is 0 Å². The minimum Gasteiger partial charge on any atom is -0.369 e. The van der Waals surface area contributed by atoms with Crippen molar-refractivity contribution < 1.29 is 4.79 Å². The summed E-state index contributed by atoms with van der Waals surface area (Å²) in [6.45, 7) is 3.87. The molecule has 0 atom stereocenters. The minimum absolute atomic E-state index is 0.301. The van der Waals surface area contributed by atoms with E-state index in [4.69, 9.17) is 17.3 Å². The molecule has 0 saturated carbocycles. The number of carbonyl (C=O) groups excluding carboxylic acids is 1. The van der Waals surface area contributed by atoms with Gasteiger partial charge in [-0.2, -0.15) is 19.6 Å². The van der Waals surface area contributed by atoms with E-state index < -0.39 is 5.41 Å². The number of aromatic nitrogens is 4. The molecule has 0 spiro atoms. The molecule has 0 aliphatic heterocycles. The second-order valence-electron chi connectivity index (χ2n) is 4.54. The quantitative estimate of drug-likeness (QED) is 0.796. The van der Waals surface area contributed by atoms with Gasteiger partial charge >= 0.3 is 0 Å². The van der Waals surface area contributed by atoms with Crippen LogP contribution in [0.4, 0.5) is 5.82 Å². The summed E-state index contributed by atoms with van der Waals surface area (Å²) in [4.78, 5) is 19.2. The maximum Gasteiger partial charge on any atom is 0.255 e. The van der Waals surface area contributed by atoms with E-state index >= 15 is 0 Å². The molecule has 2 rings (SSSR count). The van der Waals surface area contributed by atoms with E-state index in [2.05, 4.69) is 20.4 Å². The van der Waals surface area contributed by atoms with Crippen molar-refractivity contribution in [2.45, 2.75) is 13.8 Å². The minimum atomic E-state index is -0.678. The van der Waals surface area contributed by atoms with Crippen LogP contribution in [0.15, 0.2) is 12.4 Å². The lowest BCUT2D eigenvalue weighted by Crippen LogP contribution is -2.37. The molecule has 0 aliphatic carbocycles. The van der Waals surface area contributed by atoms with Crippen molar-refractivity contribution >= 4 is 29.1 Å².